The molecule has 0 radical (unpaired) electrons. The Labute approximate surface area is 146 Å². The fourth-order valence-corrected chi connectivity index (χ4v) is 2.56. The summed E-state index contributed by atoms with van der Waals surface area (Å²) >= 11 is 11.9. The number of likely N-dealkylation sites (N-methyl/N-ethyl adjacent to an activating group) is 2. The van der Waals surface area contributed by atoms with E-state index in [0.717, 1.165) is 23.3 Å². The van der Waals surface area contributed by atoms with Crippen molar-refractivity contribution in [2.75, 3.05) is 27.2 Å². The monoisotopic (exact) mass is 358 g/mol. The smallest absolute Gasteiger partial charge is 0.277 e. The number of quaternary nitrogens is 1. The Bertz CT molecular complexity index is 591. The van der Waals surface area contributed by atoms with Crippen molar-refractivity contribution >= 4 is 35.0 Å². The molecule has 1 aliphatic rings. The van der Waals surface area contributed by atoms with E-state index in [-0.39, 0.29) is 18.4 Å². The highest BCUT2D eigenvalue weighted by Gasteiger charge is 2.25. The second kappa shape index (κ2) is 7.99. The lowest BCUT2D eigenvalue weighted by Gasteiger charge is -2.20. The Morgan fingerprint density at radius 1 is 1.26 bits per heavy atom. The van der Waals surface area contributed by atoms with Gasteiger partial charge < -0.3 is 15.1 Å². The number of rotatable bonds is 7. The number of carbonyl (C=O) groups excluding carboxylic acids is 2. The van der Waals surface area contributed by atoms with Crippen LogP contribution < -0.4 is 10.2 Å². The van der Waals surface area contributed by atoms with Crippen molar-refractivity contribution in [3.63, 3.8) is 0 Å². The van der Waals surface area contributed by atoms with Gasteiger partial charge in [-0.2, -0.15) is 0 Å². The van der Waals surface area contributed by atoms with Gasteiger partial charge in [-0.25, -0.2) is 0 Å². The summed E-state index contributed by atoms with van der Waals surface area (Å²) in [5.41, 5.74) is 0.916. The molecule has 0 bridgehead atoms. The number of nitrogens with zero attached hydrogens (tertiary/aromatic N) is 1. The SMILES string of the molecule is CN(Cc1ccc(Cl)c(Cl)c1)C(=O)C[NH+](C)CC(=O)NC1CC1. The Morgan fingerprint density at radius 2 is 1.96 bits per heavy atom. The Morgan fingerprint density at radius 3 is 2.57 bits per heavy atom. The van der Waals surface area contributed by atoms with Crippen LogP contribution in [-0.2, 0) is 16.1 Å². The lowest BCUT2D eigenvalue weighted by molar-refractivity contribution is -0.863. The van der Waals surface area contributed by atoms with Crippen molar-refractivity contribution < 1.29 is 14.5 Å². The van der Waals surface area contributed by atoms with Crippen molar-refractivity contribution in [1.82, 2.24) is 10.2 Å². The predicted molar refractivity (Wildman–Crippen MR) is 90.7 cm³/mol. The molecule has 0 heterocycles. The summed E-state index contributed by atoms with van der Waals surface area (Å²) < 4.78 is 0. The zero-order valence-electron chi connectivity index (χ0n) is 13.4. The quantitative estimate of drug-likeness (QED) is 0.755. The largest absolute Gasteiger partial charge is 0.348 e. The highest BCUT2D eigenvalue weighted by Crippen LogP contribution is 2.23. The number of amides is 2. The number of benzene rings is 1. The molecule has 1 aromatic carbocycles. The van der Waals surface area contributed by atoms with Gasteiger partial charge in [0.05, 0.1) is 17.1 Å². The van der Waals surface area contributed by atoms with Crippen molar-refractivity contribution in [2.24, 2.45) is 0 Å². The molecule has 7 heteroatoms. The summed E-state index contributed by atoms with van der Waals surface area (Å²) in [5, 5.41) is 3.90. The zero-order valence-corrected chi connectivity index (χ0v) is 14.9. The van der Waals surface area contributed by atoms with Gasteiger partial charge in [-0.05, 0) is 30.5 Å². The third kappa shape index (κ3) is 6.01. The molecule has 1 unspecified atom stereocenters. The van der Waals surface area contributed by atoms with Crippen LogP contribution in [0.1, 0.15) is 18.4 Å². The van der Waals surface area contributed by atoms with Gasteiger partial charge >= 0.3 is 0 Å². The van der Waals surface area contributed by atoms with Crippen LogP contribution in [-0.4, -0.2) is 49.9 Å². The molecule has 0 saturated heterocycles. The van der Waals surface area contributed by atoms with Crippen molar-refractivity contribution in [3.8, 4) is 0 Å². The summed E-state index contributed by atoms with van der Waals surface area (Å²) in [5.74, 6) is -0.0160. The summed E-state index contributed by atoms with van der Waals surface area (Å²) in [6.45, 7) is 1.04. The fraction of sp³-hybridized carbons (Fsp3) is 0.500. The van der Waals surface area contributed by atoms with E-state index in [9.17, 15) is 9.59 Å². The maximum atomic E-state index is 12.2. The molecule has 0 aromatic heterocycles. The molecule has 23 heavy (non-hydrogen) atoms. The first-order valence-corrected chi connectivity index (χ1v) is 8.39. The molecule has 2 N–H and O–H groups in total. The molecule has 1 saturated carbocycles. The first-order chi connectivity index (χ1) is 10.8. The molecule has 5 nitrogen and oxygen atoms in total. The molecular formula is C16H22Cl2N3O2+. The lowest BCUT2D eigenvalue weighted by atomic mass is 10.2. The minimum atomic E-state index is -0.0206. The highest BCUT2D eigenvalue weighted by molar-refractivity contribution is 6.42. The molecule has 1 atom stereocenters. The molecule has 0 aliphatic heterocycles. The molecule has 2 rings (SSSR count). The maximum absolute atomic E-state index is 12.2. The number of carbonyl (C=O) groups is 2. The molecule has 0 spiro atoms. The van der Waals surface area contributed by atoms with Gasteiger partial charge in [0.25, 0.3) is 11.8 Å². The highest BCUT2D eigenvalue weighted by atomic mass is 35.5. The average Bonchev–Trinajstić information content (AvgIpc) is 3.26. The summed E-state index contributed by atoms with van der Waals surface area (Å²) in [6.07, 6.45) is 2.13. The van der Waals surface area contributed by atoms with Gasteiger partial charge in [0.1, 0.15) is 0 Å². The van der Waals surface area contributed by atoms with E-state index in [1.165, 1.54) is 0 Å². The number of hydrogen-bond donors (Lipinski definition) is 2. The number of halogens is 2. The maximum Gasteiger partial charge on any atom is 0.277 e. The van der Waals surface area contributed by atoms with Crippen molar-refractivity contribution in [1.29, 1.82) is 0 Å². The van der Waals surface area contributed by atoms with E-state index in [4.69, 9.17) is 23.2 Å². The van der Waals surface area contributed by atoms with Gasteiger partial charge in [-0.3, -0.25) is 9.59 Å². The van der Waals surface area contributed by atoms with Crippen LogP contribution >= 0.6 is 23.2 Å². The van der Waals surface area contributed by atoms with Crippen LogP contribution in [0.3, 0.4) is 0 Å². The molecule has 1 fully saturated rings. The lowest BCUT2D eigenvalue weighted by Crippen LogP contribution is -3.11. The van der Waals surface area contributed by atoms with Gasteiger partial charge in [-0.15, -0.1) is 0 Å². The van der Waals surface area contributed by atoms with Crippen LogP contribution in [0.4, 0.5) is 0 Å². The standard InChI is InChI=1S/C16H21Cl2N3O2/c1-20(9-15(22)19-12-4-5-12)10-16(23)21(2)8-11-3-6-13(17)14(18)7-11/h3,6-7,12H,4-5,8-10H2,1-2H3,(H,19,22)/p+1. The molecular weight excluding hydrogens is 337 g/mol. The van der Waals surface area contributed by atoms with Crippen LogP contribution in [0, 0.1) is 0 Å². The normalized spacial score (nSPS) is 15.1. The fourth-order valence-electron chi connectivity index (χ4n) is 2.24. The van der Waals surface area contributed by atoms with Gasteiger partial charge in [0, 0.05) is 19.6 Å². The second-order valence-corrected chi connectivity index (χ2v) is 6.97. The zero-order chi connectivity index (χ0) is 17.0. The minimum absolute atomic E-state index is 0.00457. The summed E-state index contributed by atoms with van der Waals surface area (Å²) in [4.78, 5) is 26.5. The third-order valence-corrected chi connectivity index (χ3v) is 4.43. The first-order valence-electron chi connectivity index (χ1n) is 7.63. The Hall–Kier alpha value is -1.30. The third-order valence-electron chi connectivity index (χ3n) is 3.69. The van der Waals surface area contributed by atoms with Crippen molar-refractivity contribution in [2.45, 2.75) is 25.4 Å². The van der Waals surface area contributed by atoms with Crippen LogP contribution in [0.25, 0.3) is 0 Å². The van der Waals surface area contributed by atoms with Crippen LogP contribution in [0.5, 0.6) is 0 Å². The van der Waals surface area contributed by atoms with E-state index >= 15 is 0 Å². The van der Waals surface area contributed by atoms with Crippen molar-refractivity contribution in [3.05, 3.63) is 33.8 Å². The van der Waals surface area contributed by atoms with Gasteiger partial charge in [0.15, 0.2) is 13.1 Å². The van der Waals surface area contributed by atoms with Crippen LogP contribution in [0.2, 0.25) is 10.0 Å². The molecule has 2 amide bonds. The average molecular weight is 359 g/mol. The van der Waals surface area contributed by atoms with Crippen LogP contribution in [0.15, 0.2) is 18.2 Å². The van der Waals surface area contributed by atoms with E-state index < -0.39 is 0 Å². The van der Waals surface area contributed by atoms with E-state index in [2.05, 4.69) is 5.32 Å². The predicted octanol–water partition coefficient (Wildman–Crippen LogP) is 0.745. The Balaban J connectivity index is 1.78. The van der Waals surface area contributed by atoms with E-state index in [0.29, 0.717) is 29.2 Å². The van der Waals surface area contributed by atoms with E-state index in [1.54, 1.807) is 24.1 Å². The summed E-state index contributed by atoms with van der Waals surface area (Å²) in [7, 11) is 3.58. The second-order valence-electron chi connectivity index (χ2n) is 6.15. The van der Waals surface area contributed by atoms with Gasteiger partial charge in [-0.1, -0.05) is 29.3 Å². The molecule has 126 valence electrons. The van der Waals surface area contributed by atoms with Gasteiger partial charge in [0.2, 0.25) is 0 Å². The molecule has 1 aliphatic carbocycles. The Kier molecular flexibility index (Phi) is 6.27. The topological polar surface area (TPSA) is 53.9 Å². The van der Waals surface area contributed by atoms with E-state index in [1.807, 2.05) is 13.1 Å². The first kappa shape index (κ1) is 18.0. The summed E-state index contributed by atoms with van der Waals surface area (Å²) in [6, 6.07) is 5.67. The number of nitrogens with one attached hydrogen (secondary N) is 2. The number of hydrogen-bond acceptors (Lipinski definition) is 2. The molecule has 1 aromatic rings. The minimum Gasteiger partial charge on any atom is -0.348 e.